The van der Waals surface area contributed by atoms with Gasteiger partial charge in [-0.25, -0.2) is 4.98 Å². The van der Waals surface area contributed by atoms with Gasteiger partial charge in [-0.2, -0.15) is 0 Å². The van der Waals surface area contributed by atoms with E-state index in [0.29, 0.717) is 22.3 Å². The SMILES string of the molecule is COc1ccc2c(=O)n(-c3cccc4[nH]ccc34)cc(C(=O)N3CCCCC3)c2n1. The third-order valence-electron chi connectivity index (χ3n) is 5.75. The molecule has 0 atom stereocenters. The van der Waals surface area contributed by atoms with Crippen molar-refractivity contribution in [3.63, 3.8) is 0 Å². The fraction of sp³-hybridized carbons (Fsp3) is 0.261. The number of hydrogen-bond donors (Lipinski definition) is 1. The summed E-state index contributed by atoms with van der Waals surface area (Å²) in [6.45, 7) is 1.44. The molecule has 0 saturated carbocycles. The number of methoxy groups -OCH3 is 1. The molecule has 4 aromatic rings. The Balaban J connectivity index is 1.78. The van der Waals surface area contributed by atoms with Crippen LogP contribution in [0.25, 0.3) is 27.5 Å². The molecule has 152 valence electrons. The number of carbonyl (C=O) groups excluding carboxylic acids is 1. The molecular formula is C23H22N4O3. The zero-order valence-corrected chi connectivity index (χ0v) is 16.7. The van der Waals surface area contributed by atoms with Gasteiger partial charge in [0.25, 0.3) is 11.5 Å². The Hall–Kier alpha value is -3.61. The molecule has 1 amide bonds. The molecular weight excluding hydrogens is 380 g/mol. The lowest BCUT2D eigenvalue weighted by atomic mass is 10.1. The number of aromatic amines is 1. The predicted molar refractivity (Wildman–Crippen MR) is 116 cm³/mol. The number of hydrogen-bond acceptors (Lipinski definition) is 4. The Labute approximate surface area is 172 Å². The summed E-state index contributed by atoms with van der Waals surface area (Å²) in [6.07, 6.45) is 6.58. The van der Waals surface area contributed by atoms with Crippen molar-refractivity contribution in [2.45, 2.75) is 19.3 Å². The van der Waals surface area contributed by atoms with Crippen LogP contribution in [-0.4, -0.2) is 45.5 Å². The molecule has 0 spiro atoms. The van der Waals surface area contributed by atoms with Gasteiger partial charge in [-0.1, -0.05) is 6.07 Å². The minimum Gasteiger partial charge on any atom is -0.481 e. The summed E-state index contributed by atoms with van der Waals surface area (Å²) in [5.41, 5.74) is 2.23. The number of rotatable bonds is 3. The first kappa shape index (κ1) is 18.4. The summed E-state index contributed by atoms with van der Waals surface area (Å²) >= 11 is 0. The van der Waals surface area contributed by atoms with Crippen LogP contribution in [0.1, 0.15) is 29.6 Å². The molecule has 1 N–H and O–H groups in total. The van der Waals surface area contributed by atoms with Gasteiger partial charge in [0.1, 0.15) is 0 Å². The number of amides is 1. The quantitative estimate of drug-likeness (QED) is 0.569. The number of fused-ring (bicyclic) bond motifs is 2. The van der Waals surface area contributed by atoms with Crippen molar-refractivity contribution < 1.29 is 9.53 Å². The Bertz CT molecular complexity index is 1320. The molecule has 5 rings (SSSR count). The molecule has 1 fully saturated rings. The van der Waals surface area contributed by atoms with Gasteiger partial charge in [0.05, 0.1) is 29.3 Å². The molecule has 1 saturated heterocycles. The number of carbonyl (C=O) groups is 1. The number of H-pyrrole nitrogens is 1. The number of piperidine rings is 1. The lowest BCUT2D eigenvalue weighted by Gasteiger charge is -2.27. The average Bonchev–Trinajstić information content (AvgIpc) is 3.28. The molecule has 1 aliphatic heterocycles. The molecule has 0 aliphatic carbocycles. The van der Waals surface area contributed by atoms with Crippen molar-refractivity contribution in [2.24, 2.45) is 0 Å². The van der Waals surface area contributed by atoms with E-state index in [1.54, 1.807) is 22.9 Å². The molecule has 1 aliphatic rings. The summed E-state index contributed by atoms with van der Waals surface area (Å²) in [7, 11) is 1.52. The molecule has 0 radical (unpaired) electrons. The summed E-state index contributed by atoms with van der Waals surface area (Å²) in [5.74, 6) is 0.274. The van der Waals surface area contributed by atoms with E-state index >= 15 is 0 Å². The largest absolute Gasteiger partial charge is 0.481 e. The highest BCUT2D eigenvalue weighted by Crippen LogP contribution is 2.25. The van der Waals surface area contributed by atoms with Crippen molar-refractivity contribution >= 4 is 27.7 Å². The molecule has 0 unspecified atom stereocenters. The first-order chi connectivity index (χ1) is 14.7. The highest BCUT2D eigenvalue weighted by atomic mass is 16.5. The van der Waals surface area contributed by atoms with E-state index in [0.717, 1.165) is 48.9 Å². The van der Waals surface area contributed by atoms with Crippen molar-refractivity contribution in [1.82, 2.24) is 19.4 Å². The van der Waals surface area contributed by atoms with E-state index in [-0.39, 0.29) is 11.5 Å². The summed E-state index contributed by atoms with van der Waals surface area (Å²) in [4.78, 5) is 36.3. The maximum atomic E-state index is 13.4. The van der Waals surface area contributed by atoms with Crippen LogP contribution in [0.2, 0.25) is 0 Å². The lowest BCUT2D eigenvalue weighted by Crippen LogP contribution is -2.36. The average molecular weight is 402 g/mol. The number of nitrogens with one attached hydrogen (secondary N) is 1. The van der Waals surface area contributed by atoms with Crippen LogP contribution >= 0.6 is 0 Å². The maximum absolute atomic E-state index is 13.4. The van der Waals surface area contributed by atoms with E-state index in [1.165, 1.54) is 7.11 Å². The van der Waals surface area contributed by atoms with Crippen LogP contribution in [0.5, 0.6) is 5.88 Å². The Kier molecular flexibility index (Phi) is 4.50. The molecule has 7 nitrogen and oxygen atoms in total. The van der Waals surface area contributed by atoms with Crippen LogP contribution in [0, 0.1) is 0 Å². The summed E-state index contributed by atoms with van der Waals surface area (Å²) in [6, 6.07) is 11.0. The number of pyridine rings is 2. The second-order valence-electron chi connectivity index (χ2n) is 7.54. The molecule has 0 bridgehead atoms. The van der Waals surface area contributed by atoms with Gasteiger partial charge in [0.2, 0.25) is 5.88 Å². The van der Waals surface area contributed by atoms with E-state index in [1.807, 2.05) is 35.4 Å². The van der Waals surface area contributed by atoms with Crippen LogP contribution in [-0.2, 0) is 0 Å². The molecule has 30 heavy (non-hydrogen) atoms. The minimum atomic E-state index is -0.218. The van der Waals surface area contributed by atoms with Gasteiger partial charge in [-0.3, -0.25) is 14.2 Å². The third kappa shape index (κ3) is 2.94. The molecule has 3 aromatic heterocycles. The number of ether oxygens (including phenoxy) is 1. The maximum Gasteiger partial charge on any atom is 0.264 e. The van der Waals surface area contributed by atoms with Crippen molar-refractivity contribution in [3.8, 4) is 11.6 Å². The first-order valence-electron chi connectivity index (χ1n) is 10.1. The van der Waals surface area contributed by atoms with Crippen LogP contribution in [0.3, 0.4) is 0 Å². The molecule has 1 aromatic carbocycles. The fourth-order valence-corrected chi connectivity index (χ4v) is 4.19. The van der Waals surface area contributed by atoms with E-state index < -0.39 is 0 Å². The smallest absolute Gasteiger partial charge is 0.264 e. The van der Waals surface area contributed by atoms with E-state index in [4.69, 9.17) is 4.74 Å². The van der Waals surface area contributed by atoms with Crippen molar-refractivity contribution in [2.75, 3.05) is 20.2 Å². The van der Waals surface area contributed by atoms with Gasteiger partial charge >= 0.3 is 0 Å². The molecule has 4 heterocycles. The van der Waals surface area contributed by atoms with E-state index in [2.05, 4.69) is 9.97 Å². The third-order valence-corrected chi connectivity index (χ3v) is 5.75. The summed E-state index contributed by atoms with van der Waals surface area (Å²) in [5, 5.41) is 1.31. The van der Waals surface area contributed by atoms with Gasteiger partial charge < -0.3 is 14.6 Å². The second-order valence-corrected chi connectivity index (χ2v) is 7.54. The normalized spacial score (nSPS) is 14.4. The lowest BCUT2D eigenvalue weighted by molar-refractivity contribution is 0.0725. The van der Waals surface area contributed by atoms with Crippen molar-refractivity contribution in [1.29, 1.82) is 0 Å². The first-order valence-corrected chi connectivity index (χ1v) is 10.1. The minimum absolute atomic E-state index is 0.101. The van der Waals surface area contributed by atoms with Gasteiger partial charge in [-0.05, 0) is 43.5 Å². The predicted octanol–water partition coefficient (Wildman–Crippen LogP) is 3.50. The standard InChI is InChI=1S/C23H22N4O3/c1-30-20-9-8-16-21(25-20)17(22(28)26-12-3-2-4-13-26)14-27(23(16)29)19-7-5-6-18-15(19)10-11-24-18/h5-11,14,24H,2-4,12-13H2,1H3. The zero-order valence-electron chi connectivity index (χ0n) is 16.7. The Morgan fingerprint density at radius 3 is 2.70 bits per heavy atom. The highest BCUT2D eigenvalue weighted by Gasteiger charge is 2.24. The van der Waals surface area contributed by atoms with Gasteiger partial charge in [0, 0.05) is 42.5 Å². The number of aromatic nitrogens is 3. The van der Waals surface area contributed by atoms with Crippen LogP contribution in [0.4, 0.5) is 0 Å². The fourth-order valence-electron chi connectivity index (χ4n) is 4.19. The second kappa shape index (κ2) is 7.33. The number of likely N-dealkylation sites (tertiary alicyclic amines) is 1. The Morgan fingerprint density at radius 1 is 1.07 bits per heavy atom. The number of nitrogens with zero attached hydrogens (tertiary/aromatic N) is 3. The highest BCUT2D eigenvalue weighted by molar-refractivity contribution is 6.05. The van der Waals surface area contributed by atoms with E-state index in [9.17, 15) is 9.59 Å². The molecule has 7 heteroatoms. The van der Waals surface area contributed by atoms with Gasteiger partial charge in [0.15, 0.2) is 0 Å². The van der Waals surface area contributed by atoms with Crippen LogP contribution in [0.15, 0.2) is 53.6 Å². The summed E-state index contributed by atoms with van der Waals surface area (Å²) < 4.78 is 6.81. The topological polar surface area (TPSA) is 80.2 Å². The number of benzene rings is 1. The van der Waals surface area contributed by atoms with Gasteiger partial charge in [-0.15, -0.1) is 0 Å². The Morgan fingerprint density at radius 2 is 1.90 bits per heavy atom. The monoisotopic (exact) mass is 402 g/mol. The van der Waals surface area contributed by atoms with Crippen LogP contribution < -0.4 is 10.3 Å². The van der Waals surface area contributed by atoms with Crippen molar-refractivity contribution in [3.05, 3.63) is 64.7 Å². The zero-order chi connectivity index (χ0) is 20.7.